The van der Waals surface area contributed by atoms with Gasteiger partial charge in [0, 0.05) is 30.6 Å². The van der Waals surface area contributed by atoms with Gasteiger partial charge < -0.3 is 15.6 Å². The molecule has 3 N–H and O–H groups in total. The third kappa shape index (κ3) is 3.18. The zero-order valence-electron chi connectivity index (χ0n) is 13.0. The number of rotatable bonds is 3. The minimum atomic E-state index is -1.08. The lowest BCUT2D eigenvalue weighted by molar-refractivity contribution is 0.103. The number of nitrogens with one attached hydrogen (secondary N) is 1. The van der Waals surface area contributed by atoms with E-state index in [0.717, 1.165) is 12.1 Å². The number of H-pyrrole nitrogens is 1. The number of halogens is 2. The van der Waals surface area contributed by atoms with Gasteiger partial charge in [0.1, 0.15) is 11.6 Å². The molecule has 0 atom stereocenters. The number of ketones is 1. The van der Waals surface area contributed by atoms with Crippen LogP contribution in [0.4, 0.5) is 14.5 Å². The summed E-state index contributed by atoms with van der Waals surface area (Å²) in [5.41, 5.74) is 4.96. The molecule has 0 unspecified atom stereocenters. The van der Waals surface area contributed by atoms with E-state index < -0.39 is 23.0 Å². The van der Waals surface area contributed by atoms with Gasteiger partial charge in [-0.2, -0.15) is 0 Å². The number of nitrogens with two attached hydrogens (primary N) is 1. The molecule has 0 saturated heterocycles. The minimum Gasteiger partial charge on any atom is -0.496 e. The molecule has 1 heterocycles. The fourth-order valence-electron chi connectivity index (χ4n) is 2.12. The van der Waals surface area contributed by atoms with Crippen LogP contribution in [0.3, 0.4) is 0 Å². The monoisotopic (exact) mass is 321 g/mol. The standard InChI is InChI=1S/C16H17F2N3O2/c1-9-10(8-20-21(2)7-6-13(9)23-3)16(22)14-11(17)4-5-12(19)15(14)18/h4-8,20H,19H2,1-3H3. The van der Waals surface area contributed by atoms with Gasteiger partial charge in [0.2, 0.25) is 5.78 Å². The van der Waals surface area contributed by atoms with Crippen molar-refractivity contribution >= 4 is 11.5 Å². The Kier molecular flexibility index (Phi) is 4.68. The van der Waals surface area contributed by atoms with E-state index in [1.54, 1.807) is 30.9 Å². The predicted octanol–water partition coefficient (Wildman–Crippen LogP) is 2.89. The molecule has 0 aliphatic carbocycles. The Balaban J connectivity index is 2.74. The molecule has 2 rings (SSSR count). The van der Waals surface area contributed by atoms with E-state index in [1.807, 2.05) is 0 Å². The summed E-state index contributed by atoms with van der Waals surface area (Å²) >= 11 is 0. The van der Waals surface area contributed by atoms with Gasteiger partial charge in [-0.15, -0.1) is 0 Å². The Morgan fingerprint density at radius 1 is 1.30 bits per heavy atom. The molecule has 0 aliphatic heterocycles. The van der Waals surface area contributed by atoms with Gasteiger partial charge in [-0.1, -0.05) is 0 Å². The number of carbonyl (C=O) groups is 1. The van der Waals surface area contributed by atoms with E-state index in [0.29, 0.717) is 11.3 Å². The number of nitrogen functional groups attached to an aromatic ring is 1. The van der Waals surface area contributed by atoms with E-state index in [9.17, 15) is 13.6 Å². The summed E-state index contributed by atoms with van der Waals surface area (Å²) in [4.78, 5) is 12.7. The first-order valence-electron chi connectivity index (χ1n) is 6.77. The lowest BCUT2D eigenvalue weighted by Crippen LogP contribution is -2.12. The normalized spacial score (nSPS) is 10.3. The number of carbonyl (C=O) groups excluding carboxylic acids is 1. The molecule has 1 aromatic carbocycles. The third-order valence-electron chi connectivity index (χ3n) is 3.45. The van der Waals surface area contributed by atoms with Gasteiger partial charge >= 0.3 is 0 Å². The summed E-state index contributed by atoms with van der Waals surface area (Å²) in [5, 5.41) is 2.81. The maximum absolute atomic E-state index is 14.1. The minimum absolute atomic E-state index is 0.0708. The van der Waals surface area contributed by atoms with Gasteiger partial charge in [-0.25, -0.2) is 8.78 Å². The fraction of sp³-hybridized carbons (Fsp3) is 0.188. The summed E-state index contributed by atoms with van der Waals surface area (Å²) in [6, 6.07) is 3.67. The second kappa shape index (κ2) is 6.51. The molecule has 122 valence electrons. The van der Waals surface area contributed by atoms with Crippen LogP contribution in [0.25, 0.3) is 0 Å². The summed E-state index contributed by atoms with van der Waals surface area (Å²) < 4.78 is 34.9. The molecule has 0 amide bonds. The van der Waals surface area contributed by atoms with Crippen molar-refractivity contribution in [3.8, 4) is 5.75 Å². The molecule has 0 fully saturated rings. The SMILES string of the molecule is COc1ccn(C)[nH]cc(C(=O)c2c(F)ccc(N)c2F)c1C. The number of aromatic amines is 1. The third-order valence-corrected chi connectivity index (χ3v) is 3.45. The molecule has 2 aromatic rings. The number of ether oxygens (including phenoxy) is 1. The highest BCUT2D eigenvalue weighted by atomic mass is 19.1. The number of methoxy groups -OCH3 is 1. The molecule has 1 aromatic heterocycles. The van der Waals surface area contributed by atoms with Crippen molar-refractivity contribution in [2.75, 3.05) is 12.8 Å². The van der Waals surface area contributed by atoms with Crippen molar-refractivity contribution in [3.05, 3.63) is 58.9 Å². The lowest BCUT2D eigenvalue weighted by Gasteiger charge is -2.11. The van der Waals surface area contributed by atoms with Crippen LogP contribution >= 0.6 is 0 Å². The van der Waals surface area contributed by atoms with Gasteiger partial charge in [0.15, 0.2) is 5.82 Å². The van der Waals surface area contributed by atoms with Crippen molar-refractivity contribution in [2.24, 2.45) is 7.05 Å². The van der Waals surface area contributed by atoms with E-state index >= 15 is 0 Å². The highest BCUT2D eigenvalue weighted by Gasteiger charge is 2.23. The predicted molar refractivity (Wildman–Crippen MR) is 82.9 cm³/mol. The molecule has 7 heteroatoms. The van der Waals surface area contributed by atoms with Crippen molar-refractivity contribution in [2.45, 2.75) is 6.92 Å². The van der Waals surface area contributed by atoms with Gasteiger partial charge in [0.05, 0.1) is 18.4 Å². The van der Waals surface area contributed by atoms with Crippen LogP contribution in [0.2, 0.25) is 0 Å². The van der Waals surface area contributed by atoms with Gasteiger partial charge in [-0.05, 0) is 25.1 Å². The number of hydrogen-bond donors (Lipinski definition) is 2. The van der Waals surface area contributed by atoms with Crippen LogP contribution in [0.15, 0.2) is 30.6 Å². The molecule has 0 saturated carbocycles. The molecule has 5 nitrogen and oxygen atoms in total. The summed E-state index contributed by atoms with van der Waals surface area (Å²) in [6.45, 7) is 1.63. The first-order valence-corrected chi connectivity index (χ1v) is 6.77. The molecule has 0 bridgehead atoms. The van der Waals surface area contributed by atoms with Crippen LogP contribution in [0.1, 0.15) is 21.5 Å². The Labute approximate surface area is 132 Å². The summed E-state index contributed by atoms with van der Waals surface area (Å²) in [6.07, 6.45) is 3.05. The van der Waals surface area contributed by atoms with Crippen LogP contribution in [-0.4, -0.2) is 22.7 Å². The number of nitrogens with zero attached hydrogens (tertiary/aromatic N) is 1. The summed E-state index contributed by atoms with van der Waals surface area (Å²) in [5.74, 6) is -2.47. The zero-order chi connectivity index (χ0) is 17.1. The van der Waals surface area contributed by atoms with Crippen LogP contribution in [-0.2, 0) is 7.05 Å². The maximum atomic E-state index is 14.1. The lowest BCUT2D eigenvalue weighted by atomic mass is 9.99. The Hall–Kier alpha value is -2.83. The van der Waals surface area contributed by atoms with Crippen molar-refractivity contribution in [1.29, 1.82) is 0 Å². The number of hydrogen-bond acceptors (Lipinski definition) is 3. The highest BCUT2D eigenvalue weighted by Crippen LogP contribution is 2.25. The first-order chi connectivity index (χ1) is 10.9. The molecular formula is C16H17F2N3O2. The average molecular weight is 321 g/mol. The zero-order valence-corrected chi connectivity index (χ0v) is 13.0. The van der Waals surface area contributed by atoms with E-state index in [4.69, 9.17) is 10.5 Å². The topological polar surface area (TPSA) is 73.0 Å². The molecule has 23 heavy (non-hydrogen) atoms. The Bertz CT molecular complexity index is 808. The smallest absolute Gasteiger partial charge is 0.200 e. The summed E-state index contributed by atoms with van der Waals surface area (Å²) in [7, 11) is 3.15. The quantitative estimate of drug-likeness (QED) is 0.674. The molecule has 0 aliphatic rings. The molecular weight excluding hydrogens is 304 g/mol. The fourth-order valence-corrected chi connectivity index (χ4v) is 2.12. The molecule has 0 radical (unpaired) electrons. The maximum Gasteiger partial charge on any atom is 0.200 e. The Morgan fingerprint density at radius 3 is 2.65 bits per heavy atom. The average Bonchev–Trinajstić information content (AvgIpc) is 2.50. The van der Waals surface area contributed by atoms with Crippen LogP contribution in [0, 0.1) is 18.6 Å². The largest absolute Gasteiger partial charge is 0.496 e. The van der Waals surface area contributed by atoms with E-state index in [1.165, 1.54) is 13.3 Å². The Morgan fingerprint density at radius 2 is 2.00 bits per heavy atom. The van der Waals surface area contributed by atoms with Crippen molar-refractivity contribution in [1.82, 2.24) is 9.78 Å². The van der Waals surface area contributed by atoms with E-state index in [-0.39, 0.29) is 11.3 Å². The second-order valence-electron chi connectivity index (χ2n) is 4.96. The van der Waals surface area contributed by atoms with E-state index in [2.05, 4.69) is 5.10 Å². The van der Waals surface area contributed by atoms with Crippen molar-refractivity contribution < 1.29 is 18.3 Å². The second-order valence-corrected chi connectivity index (χ2v) is 4.96. The number of aromatic nitrogens is 2. The number of anilines is 1. The number of aryl methyl sites for hydroxylation is 1. The van der Waals surface area contributed by atoms with Gasteiger partial charge in [-0.3, -0.25) is 9.48 Å². The van der Waals surface area contributed by atoms with Crippen LogP contribution in [0.5, 0.6) is 5.75 Å². The molecule has 0 spiro atoms. The highest BCUT2D eigenvalue weighted by molar-refractivity contribution is 6.10. The van der Waals surface area contributed by atoms with Gasteiger partial charge in [0.25, 0.3) is 0 Å². The number of benzene rings is 1. The van der Waals surface area contributed by atoms with Crippen molar-refractivity contribution in [3.63, 3.8) is 0 Å². The first kappa shape index (κ1) is 16.5. The van der Waals surface area contributed by atoms with Crippen LogP contribution < -0.4 is 10.5 Å².